The number of hydrogen-bond donors (Lipinski definition) is 1. The van der Waals surface area contributed by atoms with E-state index in [9.17, 15) is 9.50 Å². The predicted octanol–water partition coefficient (Wildman–Crippen LogP) is 4.14. The Morgan fingerprint density at radius 2 is 1.84 bits per heavy atom. The van der Waals surface area contributed by atoms with E-state index in [2.05, 4.69) is 18.7 Å². The summed E-state index contributed by atoms with van der Waals surface area (Å²) in [6.45, 7) is 9.63. The molecule has 0 spiro atoms. The fourth-order valence-corrected chi connectivity index (χ4v) is 2.44. The lowest BCUT2D eigenvalue weighted by molar-refractivity contribution is 0.199. The smallest absolute Gasteiger partial charge is 0.146 e. The van der Waals surface area contributed by atoms with E-state index in [0.717, 1.165) is 25.9 Å². The van der Waals surface area contributed by atoms with Crippen LogP contribution in [-0.2, 0) is 0 Å². The minimum absolute atomic E-state index is 0.244. The van der Waals surface area contributed by atoms with Crippen LogP contribution in [0.5, 0.6) is 0 Å². The second-order valence-electron chi connectivity index (χ2n) is 5.07. The predicted molar refractivity (Wildman–Crippen MR) is 79.0 cm³/mol. The number of anilines is 1. The molecular weight excluding hydrogens is 241 g/mol. The Labute approximate surface area is 116 Å². The molecule has 0 bridgehead atoms. The van der Waals surface area contributed by atoms with Crippen LogP contribution in [0.15, 0.2) is 18.2 Å². The Kier molecular flexibility index (Phi) is 6.29. The average molecular weight is 267 g/mol. The van der Waals surface area contributed by atoms with Gasteiger partial charge in [-0.3, -0.25) is 0 Å². The van der Waals surface area contributed by atoms with Crippen molar-refractivity contribution < 1.29 is 9.50 Å². The van der Waals surface area contributed by atoms with Gasteiger partial charge in [-0.25, -0.2) is 4.39 Å². The van der Waals surface area contributed by atoms with Crippen molar-refractivity contribution >= 4 is 5.69 Å². The van der Waals surface area contributed by atoms with Crippen molar-refractivity contribution in [2.75, 3.05) is 18.0 Å². The summed E-state index contributed by atoms with van der Waals surface area (Å²) >= 11 is 0. The van der Waals surface area contributed by atoms with Gasteiger partial charge in [0, 0.05) is 18.7 Å². The zero-order chi connectivity index (χ0) is 14.4. The SMILES string of the molecule is CCC(CC)CN(CC)c1c(F)cccc1[C@@H](C)O. The molecule has 3 heteroatoms. The molecule has 19 heavy (non-hydrogen) atoms. The van der Waals surface area contributed by atoms with E-state index in [1.54, 1.807) is 19.1 Å². The lowest BCUT2D eigenvalue weighted by Gasteiger charge is -2.30. The highest BCUT2D eigenvalue weighted by atomic mass is 19.1. The van der Waals surface area contributed by atoms with Crippen molar-refractivity contribution in [2.45, 2.75) is 46.6 Å². The molecule has 0 aliphatic carbocycles. The molecule has 1 aromatic rings. The highest BCUT2D eigenvalue weighted by Crippen LogP contribution is 2.30. The van der Waals surface area contributed by atoms with E-state index in [-0.39, 0.29) is 5.82 Å². The van der Waals surface area contributed by atoms with Crippen LogP contribution in [0.1, 0.15) is 52.2 Å². The van der Waals surface area contributed by atoms with Crippen LogP contribution in [0.4, 0.5) is 10.1 Å². The summed E-state index contributed by atoms with van der Waals surface area (Å²) in [4.78, 5) is 2.05. The van der Waals surface area contributed by atoms with E-state index in [1.807, 2.05) is 6.92 Å². The van der Waals surface area contributed by atoms with Gasteiger partial charge in [-0.05, 0) is 25.8 Å². The first-order valence-electron chi connectivity index (χ1n) is 7.26. The molecule has 108 valence electrons. The molecule has 0 amide bonds. The van der Waals surface area contributed by atoms with Gasteiger partial charge in [-0.2, -0.15) is 0 Å². The maximum Gasteiger partial charge on any atom is 0.146 e. The van der Waals surface area contributed by atoms with E-state index < -0.39 is 6.10 Å². The zero-order valence-corrected chi connectivity index (χ0v) is 12.5. The van der Waals surface area contributed by atoms with Crippen LogP contribution in [0.25, 0.3) is 0 Å². The van der Waals surface area contributed by atoms with Gasteiger partial charge in [0.1, 0.15) is 5.82 Å². The fraction of sp³-hybridized carbons (Fsp3) is 0.625. The van der Waals surface area contributed by atoms with Crippen LogP contribution in [0, 0.1) is 11.7 Å². The van der Waals surface area contributed by atoms with Crippen molar-refractivity contribution in [1.82, 2.24) is 0 Å². The average Bonchev–Trinajstić information content (AvgIpc) is 2.40. The molecule has 0 saturated carbocycles. The molecule has 1 rings (SSSR count). The molecule has 1 N–H and O–H groups in total. The maximum atomic E-state index is 14.2. The molecule has 0 aromatic heterocycles. The number of halogens is 1. The number of aliphatic hydroxyl groups is 1. The number of para-hydroxylation sites is 1. The van der Waals surface area contributed by atoms with E-state index in [1.165, 1.54) is 6.07 Å². The fourth-order valence-electron chi connectivity index (χ4n) is 2.44. The van der Waals surface area contributed by atoms with Gasteiger partial charge in [0.2, 0.25) is 0 Å². The van der Waals surface area contributed by atoms with Crippen LogP contribution >= 0.6 is 0 Å². The monoisotopic (exact) mass is 267 g/mol. The van der Waals surface area contributed by atoms with Crippen molar-refractivity contribution in [3.63, 3.8) is 0 Å². The Balaban J connectivity index is 3.10. The van der Waals surface area contributed by atoms with Gasteiger partial charge >= 0.3 is 0 Å². The number of aliphatic hydroxyl groups excluding tert-OH is 1. The van der Waals surface area contributed by atoms with E-state index >= 15 is 0 Å². The molecule has 0 aliphatic rings. The van der Waals surface area contributed by atoms with Gasteiger partial charge in [-0.1, -0.05) is 38.8 Å². The second-order valence-corrected chi connectivity index (χ2v) is 5.07. The minimum Gasteiger partial charge on any atom is -0.389 e. The third-order valence-corrected chi connectivity index (χ3v) is 3.80. The molecule has 0 aliphatic heterocycles. The summed E-state index contributed by atoms with van der Waals surface area (Å²) in [7, 11) is 0. The second kappa shape index (κ2) is 7.49. The maximum absolute atomic E-state index is 14.2. The van der Waals surface area contributed by atoms with Crippen molar-refractivity contribution in [3.8, 4) is 0 Å². The number of rotatable bonds is 7. The molecule has 0 fully saturated rings. The van der Waals surface area contributed by atoms with Crippen LogP contribution in [0.2, 0.25) is 0 Å². The van der Waals surface area contributed by atoms with Gasteiger partial charge < -0.3 is 10.0 Å². The topological polar surface area (TPSA) is 23.5 Å². The molecule has 0 saturated heterocycles. The Bertz CT molecular complexity index is 388. The number of benzene rings is 1. The third-order valence-electron chi connectivity index (χ3n) is 3.80. The number of nitrogens with zero attached hydrogens (tertiary/aromatic N) is 1. The van der Waals surface area contributed by atoms with E-state index in [4.69, 9.17) is 0 Å². The molecule has 0 unspecified atom stereocenters. The molecule has 0 radical (unpaired) electrons. The first-order chi connectivity index (χ1) is 9.04. The Hall–Kier alpha value is -1.09. The van der Waals surface area contributed by atoms with Crippen LogP contribution in [0.3, 0.4) is 0 Å². The summed E-state index contributed by atoms with van der Waals surface area (Å²) in [5.74, 6) is 0.313. The highest BCUT2D eigenvalue weighted by Gasteiger charge is 2.19. The highest BCUT2D eigenvalue weighted by molar-refractivity contribution is 5.55. The lowest BCUT2D eigenvalue weighted by Crippen LogP contribution is -2.31. The first-order valence-corrected chi connectivity index (χ1v) is 7.26. The quantitative estimate of drug-likeness (QED) is 0.802. The Morgan fingerprint density at radius 1 is 1.21 bits per heavy atom. The molecular formula is C16H26FNO. The summed E-state index contributed by atoms with van der Waals surface area (Å²) in [5, 5.41) is 9.83. The standard InChI is InChI=1S/C16H26FNO/c1-5-13(6-2)11-18(7-3)16-14(12(4)19)9-8-10-15(16)17/h8-10,12-13,19H,5-7,11H2,1-4H3/t12-/m1/s1. The van der Waals surface area contributed by atoms with Gasteiger partial charge in [-0.15, -0.1) is 0 Å². The van der Waals surface area contributed by atoms with Crippen molar-refractivity contribution in [2.24, 2.45) is 5.92 Å². The van der Waals surface area contributed by atoms with Crippen molar-refractivity contribution in [1.29, 1.82) is 0 Å². The number of hydrogen-bond acceptors (Lipinski definition) is 2. The normalized spacial score (nSPS) is 12.8. The third kappa shape index (κ3) is 3.93. The lowest BCUT2D eigenvalue weighted by atomic mass is 10.0. The molecule has 0 heterocycles. The van der Waals surface area contributed by atoms with E-state index in [0.29, 0.717) is 17.2 Å². The Morgan fingerprint density at radius 3 is 2.32 bits per heavy atom. The largest absolute Gasteiger partial charge is 0.389 e. The van der Waals surface area contributed by atoms with Crippen LogP contribution < -0.4 is 4.90 Å². The minimum atomic E-state index is -0.651. The zero-order valence-electron chi connectivity index (χ0n) is 12.5. The summed E-state index contributed by atoms with van der Waals surface area (Å²) in [6, 6.07) is 4.93. The summed E-state index contributed by atoms with van der Waals surface area (Å²) < 4.78 is 14.2. The molecule has 1 atom stereocenters. The van der Waals surface area contributed by atoms with Crippen molar-refractivity contribution in [3.05, 3.63) is 29.6 Å². The van der Waals surface area contributed by atoms with Gasteiger partial charge in [0.15, 0.2) is 0 Å². The molecule has 2 nitrogen and oxygen atoms in total. The molecule has 1 aromatic carbocycles. The van der Waals surface area contributed by atoms with Gasteiger partial charge in [0.05, 0.1) is 11.8 Å². The van der Waals surface area contributed by atoms with Crippen LogP contribution in [-0.4, -0.2) is 18.2 Å². The first kappa shape index (κ1) is 16.0. The van der Waals surface area contributed by atoms with Gasteiger partial charge in [0.25, 0.3) is 0 Å². The summed E-state index contributed by atoms with van der Waals surface area (Å²) in [6.07, 6.45) is 1.53. The summed E-state index contributed by atoms with van der Waals surface area (Å²) in [5.41, 5.74) is 1.24.